The number of fused-ring (bicyclic) bond motifs is 4. The zero-order valence-corrected chi connectivity index (χ0v) is 29.8. The van der Waals surface area contributed by atoms with Gasteiger partial charge in [0.15, 0.2) is 0 Å². The van der Waals surface area contributed by atoms with Gasteiger partial charge < -0.3 is 14.2 Å². The average molecular weight is 653 g/mol. The quantitative estimate of drug-likeness (QED) is 0.122. The first-order chi connectivity index (χ1) is 23.5. The van der Waals surface area contributed by atoms with Crippen LogP contribution in [0.4, 0.5) is 5.69 Å². The minimum Gasteiger partial charge on any atom is -0.494 e. The van der Waals surface area contributed by atoms with Crippen LogP contribution in [0.15, 0.2) is 60.7 Å². The number of rotatable bonds is 8. The smallest absolute Gasteiger partial charge is 0.275 e. The second-order valence-electron chi connectivity index (χ2n) is 13.8. The Labute approximate surface area is 288 Å². The number of nitrogens with zero attached hydrogens (tertiary/aromatic N) is 4. The van der Waals surface area contributed by atoms with E-state index in [4.69, 9.17) is 9.84 Å². The molecular formula is C42H44N4O3. The number of aldehydes is 1. The van der Waals surface area contributed by atoms with Gasteiger partial charge in [-0.1, -0.05) is 36.4 Å². The van der Waals surface area contributed by atoms with E-state index in [0.717, 1.165) is 85.2 Å². The number of carbonyl (C=O) groups is 2. The molecule has 1 aliphatic heterocycles. The van der Waals surface area contributed by atoms with Crippen LogP contribution in [0, 0.1) is 41.5 Å². The van der Waals surface area contributed by atoms with Crippen LogP contribution >= 0.6 is 0 Å². The standard InChI is InChI=1S/C42H44N4O3/c1-24-14-17-35-34(12-10-18-49-33-19-25(2)28(5)26(3)20-33)41-42(48)45(37-13-9-11-32-16-15-31(23-47)21-36(32)37)22-27(4)46(41)40(35)38(24)39-29(6)43-44(8)30(39)7/h9,11,13-17,19-21,23,27H,10,12,18,22H2,1-8H3/t27-/m1/s1. The summed E-state index contributed by atoms with van der Waals surface area (Å²) in [5.41, 5.74) is 13.5. The van der Waals surface area contributed by atoms with E-state index in [1.165, 1.54) is 16.7 Å². The van der Waals surface area contributed by atoms with Crippen molar-refractivity contribution in [1.29, 1.82) is 0 Å². The number of ether oxygens (including phenoxy) is 1. The summed E-state index contributed by atoms with van der Waals surface area (Å²) in [5, 5.41) is 7.77. The highest BCUT2D eigenvalue weighted by atomic mass is 16.5. The largest absolute Gasteiger partial charge is 0.494 e. The molecule has 0 saturated carbocycles. The number of anilines is 1. The number of benzene rings is 4. The maximum atomic E-state index is 15.0. The third kappa shape index (κ3) is 5.32. The molecule has 1 atom stereocenters. The minimum absolute atomic E-state index is 0.0129. The molecule has 0 radical (unpaired) electrons. The SMILES string of the molecule is Cc1cc(OCCCc2c3n(c4c(-c5c(C)nn(C)c5C)c(C)ccc24)[C@H](C)CN(c2cccc4ccc(C=O)cc24)C3=O)cc(C)c1C. The number of aryl methyl sites for hydroxylation is 6. The molecule has 250 valence electrons. The van der Waals surface area contributed by atoms with Gasteiger partial charge >= 0.3 is 0 Å². The van der Waals surface area contributed by atoms with E-state index in [9.17, 15) is 9.59 Å². The van der Waals surface area contributed by atoms with Gasteiger partial charge in [-0.2, -0.15) is 5.10 Å². The fourth-order valence-electron chi connectivity index (χ4n) is 7.81. The first-order valence-electron chi connectivity index (χ1n) is 17.2. The normalized spacial score (nSPS) is 14.6. The molecular weight excluding hydrogens is 608 g/mol. The van der Waals surface area contributed by atoms with E-state index < -0.39 is 0 Å². The molecule has 6 aromatic rings. The molecule has 2 aromatic heterocycles. The zero-order valence-electron chi connectivity index (χ0n) is 29.8. The van der Waals surface area contributed by atoms with Gasteiger partial charge in [0.05, 0.1) is 23.5 Å². The number of hydrogen-bond donors (Lipinski definition) is 0. The topological polar surface area (TPSA) is 69.4 Å². The lowest BCUT2D eigenvalue weighted by molar-refractivity contribution is 0.0957. The Morgan fingerprint density at radius 2 is 1.65 bits per heavy atom. The van der Waals surface area contributed by atoms with E-state index in [0.29, 0.717) is 25.1 Å². The van der Waals surface area contributed by atoms with Crippen LogP contribution in [0.5, 0.6) is 5.75 Å². The second-order valence-corrected chi connectivity index (χ2v) is 13.8. The van der Waals surface area contributed by atoms with E-state index in [1.807, 2.05) is 53.0 Å². The number of carbonyl (C=O) groups excluding carboxylic acids is 2. The molecule has 7 rings (SSSR count). The van der Waals surface area contributed by atoms with E-state index in [2.05, 4.69) is 77.3 Å². The molecule has 3 heterocycles. The van der Waals surface area contributed by atoms with Gasteiger partial charge in [0, 0.05) is 52.8 Å². The van der Waals surface area contributed by atoms with E-state index >= 15 is 0 Å². The van der Waals surface area contributed by atoms with Gasteiger partial charge in [-0.05, 0) is 119 Å². The third-order valence-electron chi connectivity index (χ3n) is 10.6. The molecule has 0 aliphatic carbocycles. The fourth-order valence-corrected chi connectivity index (χ4v) is 7.81. The Morgan fingerprint density at radius 1 is 0.898 bits per heavy atom. The van der Waals surface area contributed by atoms with E-state index in [-0.39, 0.29) is 11.9 Å². The molecule has 0 N–H and O–H groups in total. The van der Waals surface area contributed by atoms with Crippen molar-refractivity contribution in [3.05, 3.63) is 111 Å². The Kier molecular flexibility index (Phi) is 8.18. The summed E-state index contributed by atoms with van der Waals surface area (Å²) in [6.07, 6.45) is 2.30. The lowest BCUT2D eigenvalue weighted by Gasteiger charge is -2.35. The maximum absolute atomic E-state index is 15.0. The highest BCUT2D eigenvalue weighted by Crippen LogP contribution is 2.44. The lowest BCUT2D eigenvalue weighted by Crippen LogP contribution is -2.42. The Hall–Kier alpha value is -5.17. The molecule has 0 saturated heterocycles. The Bertz CT molecular complexity index is 2280. The molecule has 7 heteroatoms. The van der Waals surface area contributed by atoms with E-state index in [1.54, 1.807) is 0 Å². The van der Waals surface area contributed by atoms with Crippen molar-refractivity contribution in [1.82, 2.24) is 14.3 Å². The van der Waals surface area contributed by atoms with Crippen LogP contribution in [0.1, 0.15) is 79.4 Å². The van der Waals surface area contributed by atoms with Gasteiger partial charge in [-0.15, -0.1) is 0 Å². The van der Waals surface area contributed by atoms with Crippen molar-refractivity contribution in [2.24, 2.45) is 7.05 Å². The Morgan fingerprint density at radius 3 is 2.35 bits per heavy atom. The van der Waals surface area contributed by atoms with Crippen LogP contribution in [-0.4, -0.2) is 39.7 Å². The van der Waals surface area contributed by atoms with Crippen LogP contribution in [0.25, 0.3) is 32.8 Å². The number of hydrogen-bond acceptors (Lipinski definition) is 4. The predicted octanol–water partition coefficient (Wildman–Crippen LogP) is 9.09. The monoisotopic (exact) mass is 652 g/mol. The molecule has 49 heavy (non-hydrogen) atoms. The molecule has 4 aromatic carbocycles. The highest BCUT2D eigenvalue weighted by Gasteiger charge is 2.37. The molecule has 0 unspecified atom stereocenters. The molecule has 1 amide bonds. The van der Waals surface area contributed by atoms with Crippen molar-refractivity contribution in [2.45, 2.75) is 67.3 Å². The summed E-state index contributed by atoms with van der Waals surface area (Å²) in [7, 11) is 1.99. The molecule has 1 aliphatic rings. The first-order valence-corrected chi connectivity index (χ1v) is 17.2. The number of aromatic nitrogens is 3. The summed E-state index contributed by atoms with van der Waals surface area (Å²) in [6, 6.07) is 20.3. The minimum atomic E-state index is -0.0257. The Balaban J connectivity index is 1.38. The van der Waals surface area contributed by atoms with Crippen molar-refractivity contribution >= 4 is 39.6 Å². The van der Waals surface area contributed by atoms with Crippen molar-refractivity contribution in [3.8, 4) is 16.9 Å². The third-order valence-corrected chi connectivity index (χ3v) is 10.6. The van der Waals surface area contributed by atoms with Gasteiger partial charge in [0.25, 0.3) is 5.91 Å². The van der Waals surface area contributed by atoms with Gasteiger partial charge in [0.1, 0.15) is 17.7 Å². The number of amides is 1. The maximum Gasteiger partial charge on any atom is 0.275 e. The summed E-state index contributed by atoms with van der Waals surface area (Å²) >= 11 is 0. The van der Waals surface area contributed by atoms with Gasteiger partial charge in [0.2, 0.25) is 0 Å². The van der Waals surface area contributed by atoms with Crippen molar-refractivity contribution in [3.63, 3.8) is 0 Å². The molecule has 0 spiro atoms. The van der Waals surface area contributed by atoms with Crippen molar-refractivity contribution < 1.29 is 14.3 Å². The van der Waals surface area contributed by atoms with Crippen LogP contribution < -0.4 is 9.64 Å². The van der Waals surface area contributed by atoms with Crippen molar-refractivity contribution in [2.75, 3.05) is 18.1 Å². The van der Waals surface area contributed by atoms with Gasteiger partial charge in [-0.3, -0.25) is 14.3 Å². The average Bonchev–Trinajstić information content (AvgIpc) is 3.55. The fraction of sp³-hybridized carbons (Fsp3) is 0.310. The summed E-state index contributed by atoms with van der Waals surface area (Å²) in [4.78, 5) is 28.6. The molecule has 7 nitrogen and oxygen atoms in total. The van der Waals surface area contributed by atoms with Crippen LogP contribution in [0.2, 0.25) is 0 Å². The lowest BCUT2D eigenvalue weighted by atomic mass is 9.94. The summed E-state index contributed by atoms with van der Waals surface area (Å²) in [6.45, 7) is 16.0. The summed E-state index contributed by atoms with van der Waals surface area (Å²) in [5.74, 6) is 0.855. The van der Waals surface area contributed by atoms with Crippen LogP contribution in [0.3, 0.4) is 0 Å². The first kappa shape index (κ1) is 32.4. The predicted molar refractivity (Wildman–Crippen MR) is 199 cm³/mol. The summed E-state index contributed by atoms with van der Waals surface area (Å²) < 4.78 is 10.5. The highest BCUT2D eigenvalue weighted by molar-refractivity contribution is 6.16. The second kappa shape index (κ2) is 12.4. The van der Waals surface area contributed by atoms with Gasteiger partial charge in [-0.25, -0.2) is 0 Å². The molecule has 0 fully saturated rings. The zero-order chi connectivity index (χ0) is 34.7. The van der Waals surface area contributed by atoms with Crippen LogP contribution in [-0.2, 0) is 13.5 Å². The molecule has 0 bridgehead atoms.